The number of hydrogen-bond donors (Lipinski definition) is 0. The Balaban J connectivity index is 1.38. The van der Waals surface area contributed by atoms with Gasteiger partial charge < -0.3 is 4.90 Å². The molecule has 0 saturated carbocycles. The number of aromatic nitrogens is 6. The van der Waals surface area contributed by atoms with Crippen LogP contribution in [0.3, 0.4) is 0 Å². The standard InChI is InChI=1S/C23H19F2N7S/c1-14-26-12-21(33-14)15-10-27-32(13-15)20-11-28-31-8-6-22(29-23(20)31)30-7-2-3-19(30)17-9-16(24)4-5-18(17)25/h4-6,8-13,19H,2-3,7H2,1H3/t19-/m0/s1. The van der Waals surface area contributed by atoms with Gasteiger partial charge in [0.05, 0.1) is 28.3 Å². The topological polar surface area (TPSA) is 64.1 Å². The van der Waals surface area contributed by atoms with E-state index in [2.05, 4.69) is 15.2 Å². The summed E-state index contributed by atoms with van der Waals surface area (Å²) in [6.07, 6.45) is 10.7. The van der Waals surface area contributed by atoms with Gasteiger partial charge in [0.2, 0.25) is 0 Å². The zero-order chi connectivity index (χ0) is 22.5. The molecule has 0 bridgehead atoms. The first-order valence-corrected chi connectivity index (χ1v) is 11.4. The molecule has 0 spiro atoms. The van der Waals surface area contributed by atoms with Crippen molar-refractivity contribution in [2.75, 3.05) is 11.4 Å². The second-order valence-corrected chi connectivity index (χ2v) is 9.25. The molecular weight excluding hydrogens is 444 g/mol. The second-order valence-electron chi connectivity index (χ2n) is 8.02. The van der Waals surface area contributed by atoms with Crippen LogP contribution < -0.4 is 4.90 Å². The number of benzene rings is 1. The summed E-state index contributed by atoms with van der Waals surface area (Å²) in [4.78, 5) is 12.2. The van der Waals surface area contributed by atoms with Gasteiger partial charge >= 0.3 is 0 Å². The molecule has 5 aromatic rings. The van der Waals surface area contributed by atoms with E-state index < -0.39 is 11.6 Å². The van der Waals surface area contributed by atoms with E-state index in [0.29, 0.717) is 23.6 Å². The maximum Gasteiger partial charge on any atom is 0.183 e. The molecule has 166 valence electrons. The van der Waals surface area contributed by atoms with Gasteiger partial charge in [-0.2, -0.15) is 10.2 Å². The largest absolute Gasteiger partial charge is 0.349 e. The molecule has 5 heterocycles. The lowest BCUT2D eigenvalue weighted by Gasteiger charge is -2.26. The predicted molar refractivity (Wildman–Crippen MR) is 122 cm³/mol. The molecule has 0 N–H and O–H groups in total. The summed E-state index contributed by atoms with van der Waals surface area (Å²) in [5, 5.41) is 9.91. The van der Waals surface area contributed by atoms with Crippen molar-refractivity contribution in [3.8, 4) is 16.1 Å². The smallest absolute Gasteiger partial charge is 0.183 e. The predicted octanol–water partition coefficient (Wildman–Crippen LogP) is 4.97. The number of fused-ring (bicyclic) bond motifs is 1. The Labute approximate surface area is 192 Å². The normalized spacial score (nSPS) is 16.2. The quantitative estimate of drug-likeness (QED) is 0.377. The highest BCUT2D eigenvalue weighted by atomic mass is 32.1. The molecule has 33 heavy (non-hydrogen) atoms. The summed E-state index contributed by atoms with van der Waals surface area (Å²) in [6, 6.07) is 5.20. The first kappa shape index (κ1) is 20.0. The molecule has 0 radical (unpaired) electrons. The van der Waals surface area contributed by atoms with Crippen LogP contribution in [-0.2, 0) is 0 Å². The van der Waals surface area contributed by atoms with E-state index >= 15 is 0 Å². The zero-order valence-corrected chi connectivity index (χ0v) is 18.5. The van der Waals surface area contributed by atoms with Crippen molar-refractivity contribution < 1.29 is 8.78 Å². The third-order valence-electron chi connectivity index (χ3n) is 5.94. The van der Waals surface area contributed by atoms with Gasteiger partial charge in [0, 0.05) is 36.3 Å². The van der Waals surface area contributed by atoms with Crippen LogP contribution in [0.25, 0.3) is 21.8 Å². The van der Waals surface area contributed by atoms with Crippen LogP contribution in [0.4, 0.5) is 14.6 Å². The highest BCUT2D eigenvalue weighted by Crippen LogP contribution is 2.37. The molecule has 10 heteroatoms. The SMILES string of the molecule is Cc1ncc(-c2cnn(-c3cnn4ccc(N5CCC[C@H]5c5cc(F)ccc5F)nc34)c2)s1. The molecule has 1 atom stereocenters. The van der Waals surface area contributed by atoms with Crippen molar-refractivity contribution in [1.82, 2.24) is 29.4 Å². The van der Waals surface area contributed by atoms with Gasteiger partial charge in [-0.05, 0) is 44.0 Å². The Morgan fingerprint density at radius 3 is 2.85 bits per heavy atom. The number of hydrogen-bond acceptors (Lipinski definition) is 6. The Kier molecular flexibility index (Phi) is 4.68. The van der Waals surface area contributed by atoms with Crippen LogP contribution in [0.2, 0.25) is 0 Å². The van der Waals surface area contributed by atoms with Crippen LogP contribution in [0.15, 0.2) is 55.2 Å². The van der Waals surface area contributed by atoms with Crippen LogP contribution in [-0.4, -0.2) is 35.9 Å². The fourth-order valence-electron chi connectivity index (χ4n) is 4.38. The van der Waals surface area contributed by atoms with Crippen LogP contribution >= 0.6 is 11.3 Å². The van der Waals surface area contributed by atoms with E-state index in [9.17, 15) is 8.78 Å². The van der Waals surface area contributed by atoms with E-state index in [-0.39, 0.29) is 6.04 Å². The van der Waals surface area contributed by atoms with Gasteiger partial charge in [-0.25, -0.2) is 27.9 Å². The van der Waals surface area contributed by atoms with E-state index in [1.165, 1.54) is 12.1 Å². The maximum absolute atomic E-state index is 14.5. The van der Waals surface area contributed by atoms with Crippen LogP contribution in [0.5, 0.6) is 0 Å². The number of halogens is 2. The number of aryl methyl sites for hydroxylation is 1. The Bertz CT molecular complexity index is 1470. The van der Waals surface area contributed by atoms with Crippen molar-refractivity contribution in [3.05, 3.63) is 77.5 Å². The Morgan fingerprint density at radius 2 is 2.00 bits per heavy atom. The van der Waals surface area contributed by atoms with Crippen molar-refractivity contribution in [2.45, 2.75) is 25.8 Å². The summed E-state index contributed by atoms with van der Waals surface area (Å²) in [5.74, 6) is -0.145. The summed E-state index contributed by atoms with van der Waals surface area (Å²) in [7, 11) is 0. The van der Waals surface area contributed by atoms with E-state index in [4.69, 9.17) is 4.98 Å². The third-order valence-corrected chi connectivity index (χ3v) is 6.90. The molecule has 7 nitrogen and oxygen atoms in total. The number of thiazole rings is 1. The molecule has 1 aliphatic rings. The van der Waals surface area contributed by atoms with Gasteiger partial charge in [-0.3, -0.25) is 0 Å². The van der Waals surface area contributed by atoms with Gasteiger partial charge in [0.25, 0.3) is 0 Å². The lowest BCUT2D eigenvalue weighted by molar-refractivity contribution is 0.560. The number of nitrogens with zero attached hydrogens (tertiary/aromatic N) is 7. The van der Waals surface area contributed by atoms with E-state index in [1.54, 1.807) is 32.9 Å². The summed E-state index contributed by atoms with van der Waals surface area (Å²) >= 11 is 1.61. The van der Waals surface area contributed by atoms with Crippen molar-refractivity contribution >= 4 is 22.8 Å². The lowest BCUT2D eigenvalue weighted by atomic mass is 10.0. The van der Waals surface area contributed by atoms with Gasteiger partial charge in [0.15, 0.2) is 5.65 Å². The van der Waals surface area contributed by atoms with Crippen molar-refractivity contribution in [1.29, 1.82) is 0 Å². The molecular formula is C23H19F2N7S. The molecule has 4 aromatic heterocycles. The molecule has 1 saturated heterocycles. The van der Waals surface area contributed by atoms with E-state index in [1.807, 2.05) is 36.5 Å². The number of rotatable bonds is 4. The molecule has 1 fully saturated rings. The van der Waals surface area contributed by atoms with Crippen LogP contribution in [0, 0.1) is 18.6 Å². The average Bonchev–Trinajstić information content (AvgIpc) is 3.60. The highest BCUT2D eigenvalue weighted by molar-refractivity contribution is 7.15. The van der Waals surface area contributed by atoms with Crippen LogP contribution in [0.1, 0.15) is 29.5 Å². The summed E-state index contributed by atoms with van der Waals surface area (Å²) < 4.78 is 31.8. The van der Waals surface area contributed by atoms with Crippen molar-refractivity contribution in [2.24, 2.45) is 0 Å². The fraction of sp³-hybridized carbons (Fsp3) is 0.217. The second kappa shape index (κ2) is 7.73. The molecule has 6 rings (SSSR count). The third kappa shape index (κ3) is 3.46. The monoisotopic (exact) mass is 463 g/mol. The molecule has 0 unspecified atom stereocenters. The highest BCUT2D eigenvalue weighted by Gasteiger charge is 2.30. The van der Waals surface area contributed by atoms with Crippen molar-refractivity contribution in [3.63, 3.8) is 0 Å². The first-order valence-electron chi connectivity index (χ1n) is 10.6. The zero-order valence-electron chi connectivity index (χ0n) is 17.7. The Hall–Kier alpha value is -3.66. The minimum absolute atomic E-state index is 0.270. The van der Waals surface area contributed by atoms with Gasteiger partial charge in [-0.15, -0.1) is 11.3 Å². The Morgan fingerprint density at radius 1 is 1.09 bits per heavy atom. The maximum atomic E-state index is 14.5. The average molecular weight is 464 g/mol. The number of anilines is 1. The minimum atomic E-state index is -0.439. The molecule has 0 aliphatic carbocycles. The summed E-state index contributed by atoms with van der Waals surface area (Å²) in [6.45, 7) is 2.68. The molecule has 0 amide bonds. The van der Waals surface area contributed by atoms with E-state index in [0.717, 1.165) is 40.0 Å². The first-order chi connectivity index (χ1) is 16.1. The summed E-state index contributed by atoms with van der Waals surface area (Å²) in [5.41, 5.74) is 2.70. The fourth-order valence-corrected chi connectivity index (χ4v) is 5.13. The molecule has 1 aliphatic heterocycles. The molecule has 1 aromatic carbocycles. The minimum Gasteiger partial charge on any atom is -0.349 e. The lowest BCUT2D eigenvalue weighted by Crippen LogP contribution is -2.24. The van der Waals surface area contributed by atoms with Gasteiger partial charge in [-0.1, -0.05) is 0 Å². The van der Waals surface area contributed by atoms with Gasteiger partial charge in [0.1, 0.15) is 23.1 Å².